The lowest BCUT2D eigenvalue weighted by atomic mass is 10.1. The molecule has 0 aliphatic carbocycles. The first-order valence-electron chi connectivity index (χ1n) is 11.9. The van der Waals surface area contributed by atoms with Crippen molar-refractivity contribution in [1.29, 1.82) is 0 Å². The fourth-order valence-corrected chi connectivity index (χ4v) is 3.52. The molecule has 2 aromatic rings. The molecule has 0 radical (unpaired) electrons. The summed E-state index contributed by atoms with van der Waals surface area (Å²) in [6.07, 6.45) is 20.7. The average Bonchev–Trinajstić information content (AvgIpc) is 2.76. The molecule has 3 heteroatoms. The lowest BCUT2D eigenvalue weighted by Crippen LogP contribution is -1.97. The zero-order valence-corrected chi connectivity index (χ0v) is 18.7. The van der Waals surface area contributed by atoms with Crippen LogP contribution in [0.25, 0.3) is 11.4 Å². The Labute approximate surface area is 178 Å². The monoisotopic (exact) mass is 396 g/mol. The lowest BCUT2D eigenvalue weighted by Gasteiger charge is -2.07. The summed E-state index contributed by atoms with van der Waals surface area (Å²) in [5.41, 5.74) is 2.29. The fraction of sp³-hybridized carbons (Fsp3) is 0.615. The second kappa shape index (κ2) is 15.0. The molecule has 0 unspecified atom stereocenters. The quantitative estimate of drug-likeness (QED) is 0.272. The largest absolute Gasteiger partial charge is 0.494 e. The van der Waals surface area contributed by atoms with Gasteiger partial charge in [-0.3, -0.25) is 0 Å². The number of aryl methyl sites for hydroxylation is 1. The summed E-state index contributed by atoms with van der Waals surface area (Å²) in [6, 6.07) is 8.16. The molecule has 0 spiro atoms. The highest BCUT2D eigenvalue weighted by molar-refractivity contribution is 5.55. The summed E-state index contributed by atoms with van der Waals surface area (Å²) in [6.45, 7) is 5.31. The van der Waals surface area contributed by atoms with Gasteiger partial charge in [-0.2, -0.15) is 0 Å². The van der Waals surface area contributed by atoms with E-state index in [0.717, 1.165) is 36.6 Å². The van der Waals surface area contributed by atoms with E-state index in [1.807, 2.05) is 24.5 Å². The van der Waals surface area contributed by atoms with Crippen LogP contribution in [0.5, 0.6) is 5.75 Å². The highest BCUT2D eigenvalue weighted by Crippen LogP contribution is 2.20. The van der Waals surface area contributed by atoms with E-state index in [1.165, 1.54) is 76.2 Å². The zero-order valence-electron chi connectivity index (χ0n) is 18.7. The Morgan fingerprint density at radius 3 is 1.83 bits per heavy atom. The van der Waals surface area contributed by atoms with Gasteiger partial charge in [-0.1, -0.05) is 78.1 Å². The molecule has 3 nitrogen and oxygen atoms in total. The van der Waals surface area contributed by atoms with Crippen LogP contribution in [0.1, 0.15) is 96.5 Å². The minimum atomic E-state index is 0.791. The van der Waals surface area contributed by atoms with Gasteiger partial charge in [0.15, 0.2) is 5.82 Å². The van der Waals surface area contributed by atoms with Gasteiger partial charge in [0.25, 0.3) is 0 Å². The van der Waals surface area contributed by atoms with Crippen LogP contribution in [-0.4, -0.2) is 16.6 Å². The van der Waals surface area contributed by atoms with Crippen molar-refractivity contribution in [2.45, 2.75) is 97.3 Å². The Kier molecular flexibility index (Phi) is 12.1. The van der Waals surface area contributed by atoms with Gasteiger partial charge >= 0.3 is 0 Å². The van der Waals surface area contributed by atoms with Gasteiger partial charge in [0, 0.05) is 18.0 Å². The van der Waals surface area contributed by atoms with Crippen molar-refractivity contribution < 1.29 is 4.74 Å². The standard InChI is InChI=1S/C26H40N2O/c1-3-5-7-9-10-11-13-15-23-21-27-26(28-22-23)24-16-18-25(19-17-24)29-20-14-12-8-6-4-2/h16-19,21-22H,3-15,20H2,1-2H3. The number of nitrogens with zero attached hydrogens (tertiary/aromatic N) is 2. The maximum Gasteiger partial charge on any atom is 0.159 e. The van der Waals surface area contributed by atoms with Crippen LogP contribution in [0, 0.1) is 0 Å². The molecule has 0 saturated heterocycles. The molecule has 0 amide bonds. The molecule has 29 heavy (non-hydrogen) atoms. The number of aromatic nitrogens is 2. The molecule has 0 atom stereocenters. The second-order valence-electron chi connectivity index (χ2n) is 8.07. The van der Waals surface area contributed by atoms with Gasteiger partial charge < -0.3 is 4.74 Å². The van der Waals surface area contributed by atoms with E-state index in [9.17, 15) is 0 Å². The zero-order chi connectivity index (χ0) is 20.6. The Hall–Kier alpha value is -1.90. The Bertz CT molecular complexity index is 637. The number of hydrogen-bond donors (Lipinski definition) is 0. The predicted octanol–water partition coefficient (Wildman–Crippen LogP) is 7.79. The molecular weight excluding hydrogens is 356 g/mol. The van der Waals surface area contributed by atoms with Crippen LogP contribution < -0.4 is 4.74 Å². The van der Waals surface area contributed by atoms with E-state index >= 15 is 0 Å². The molecule has 1 heterocycles. The molecule has 0 aliphatic heterocycles. The smallest absolute Gasteiger partial charge is 0.159 e. The van der Waals surface area contributed by atoms with Crippen molar-refractivity contribution in [3.8, 4) is 17.1 Å². The van der Waals surface area contributed by atoms with E-state index < -0.39 is 0 Å². The van der Waals surface area contributed by atoms with E-state index in [0.29, 0.717) is 0 Å². The number of rotatable bonds is 16. The van der Waals surface area contributed by atoms with E-state index in [1.54, 1.807) is 0 Å². The molecule has 0 fully saturated rings. The Morgan fingerprint density at radius 2 is 1.21 bits per heavy atom. The van der Waals surface area contributed by atoms with Gasteiger partial charge in [0.1, 0.15) is 5.75 Å². The van der Waals surface area contributed by atoms with E-state index in [2.05, 4.69) is 35.9 Å². The number of hydrogen-bond acceptors (Lipinski definition) is 3. The van der Waals surface area contributed by atoms with Crippen LogP contribution in [0.4, 0.5) is 0 Å². The molecule has 2 rings (SSSR count). The first-order valence-corrected chi connectivity index (χ1v) is 11.9. The van der Waals surface area contributed by atoms with E-state index in [4.69, 9.17) is 4.74 Å². The van der Waals surface area contributed by atoms with Crippen molar-refractivity contribution in [2.75, 3.05) is 6.61 Å². The van der Waals surface area contributed by atoms with Crippen LogP contribution in [0.15, 0.2) is 36.7 Å². The minimum Gasteiger partial charge on any atom is -0.494 e. The first-order chi connectivity index (χ1) is 14.3. The molecule has 160 valence electrons. The number of benzene rings is 1. The van der Waals surface area contributed by atoms with Crippen LogP contribution >= 0.6 is 0 Å². The Balaban J connectivity index is 1.68. The van der Waals surface area contributed by atoms with Crippen molar-refractivity contribution >= 4 is 0 Å². The first kappa shape index (κ1) is 23.4. The van der Waals surface area contributed by atoms with Crippen LogP contribution in [-0.2, 0) is 6.42 Å². The highest BCUT2D eigenvalue weighted by Gasteiger charge is 2.03. The maximum atomic E-state index is 5.84. The predicted molar refractivity (Wildman–Crippen MR) is 123 cm³/mol. The third-order valence-corrected chi connectivity index (χ3v) is 5.40. The topological polar surface area (TPSA) is 35.0 Å². The average molecular weight is 397 g/mol. The molecule has 1 aromatic carbocycles. The summed E-state index contributed by atoms with van der Waals surface area (Å²) in [7, 11) is 0. The molecule has 1 aromatic heterocycles. The van der Waals surface area contributed by atoms with E-state index in [-0.39, 0.29) is 0 Å². The van der Waals surface area contributed by atoms with Gasteiger partial charge in [-0.05, 0) is 49.1 Å². The van der Waals surface area contributed by atoms with Crippen molar-refractivity contribution in [3.05, 3.63) is 42.2 Å². The summed E-state index contributed by atoms with van der Waals surface area (Å²) in [5, 5.41) is 0. The summed E-state index contributed by atoms with van der Waals surface area (Å²) in [4.78, 5) is 9.14. The Morgan fingerprint density at radius 1 is 0.655 bits per heavy atom. The van der Waals surface area contributed by atoms with Crippen molar-refractivity contribution in [1.82, 2.24) is 9.97 Å². The third-order valence-electron chi connectivity index (χ3n) is 5.40. The lowest BCUT2D eigenvalue weighted by molar-refractivity contribution is 0.304. The van der Waals surface area contributed by atoms with Crippen molar-refractivity contribution in [3.63, 3.8) is 0 Å². The number of ether oxygens (including phenoxy) is 1. The normalized spacial score (nSPS) is 11.0. The van der Waals surface area contributed by atoms with Crippen LogP contribution in [0.2, 0.25) is 0 Å². The van der Waals surface area contributed by atoms with Gasteiger partial charge in [-0.25, -0.2) is 9.97 Å². The summed E-state index contributed by atoms with van der Waals surface area (Å²) >= 11 is 0. The molecule has 0 bridgehead atoms. The van der Waals surface area contributed by atoms with Gasteiger partial charge in [-0.15, -0.1) is 0 Å². The minimum absolute atomic E-state index is 0.791. The van der Waals surface area contributed by atoms with Crippen LogP contribution in [0.3, 0.4) is 0 Å². The number of unbranched alkanes of at least 4 members (excludes halogenated alkanes) is 10. The molecule has 0 saturated carbocycles. The molecule has 0 aliphatic rings. The summed E-state index contributed by atoms with van der Waals surface area (Å²) < 4.78 is 5.84. The summed E-state index contributed by atoms with van der Waals surface area (Å²) in [5.74, 6) is 1.72. The maximum absolute atomic E-state index is 5.84. The second-order valence-corrected chi connectivity index (χ2v) is 8.07. The van der Waals surface area contributed by atoms with Gasteiger partial charge in [0.05, 0.1) is 6.61 Å². The van der Waals surface area contributed by atoms with Gasteiger partial charge in [0.2, 0.25) is 0 Å². The highest BCUT2D eigenvalue weighted by atomic mass is 16.5. The molecular formula is C26H40N2O. The van der Waals surface area contributed by atoms with Crippen molar-refractivity contribution in [2.24, 2.45) is 0 Å². The third kappa shape index (κ3) is 9.92. The SMILES string of the molecule is CCCCCCCCCc1cnc(-c2ccc(OCCCCCCC)cc2)nc1. The molecule has 0 N–H and O–H groups in total. The fourth-order valence-electron chi connectivity index (χ4n) is 3.52.